The molecule has 0 atom stereocenters. The maximum absolute atomic E-state index is 13.3. The van der Waals surface area contributed by atoms with Gasteiger partial charge in [0.15, 0.2) is 0 Å². The van der Waals surface area contributed by atoms with Crippen LogP contribution in [0.5, 0.6) is 5.75 Å². The molecule has 0 fully saturated rings. The monoisotopic (exact) mass is 447 g/mol. The van der Waals surface area contributed by atoms with E-state index in [1.54, 1.807) is 12.1 Å². The van der Waals surface area contributed by atoms with Gasteiger partial charge in [0.1, 0.15) is 12.4 Å². The van der Waals surface area contributed by atoms with Crippen LogP contribution in [0.1, 0.15) is 35.3 Å². The van der Waals surface area contributed by atoms with Crippen molar-refractivity contribution in [1.29, 1.82) is 5.26 Å². The molecule has 5 nitrogen and oxygen atoms in total. The number of nitrogens with zero attached hydrogens (tertiary/aromatic N) is 3. The van der Waals surface area contributed by atoms with Crippen molar-refractivity contribution in [2.45, 2.75) is 25.8 Å². The van der Waals surface area contributed by atoms with Crippen LogP contribution in [0.2, 0.25) is 0 Å². The highest BCUT2D eigenvalue weighted by atomic mass is 16.5. The topological polar surface area (TPSA) is 66.2 Å². The van der Waals surface area contributed by atoms with Gasteiger partial charge < -0.3 is 9.64 Å². The van der Waals surface area contributed by atoms with Crippen molar-refractivity contribution < 1.29 is 9.53 Å². The van der Waals surface area contributed by atoms with Gasteiger partial charge in [-0.15, -0.1) is 0 Å². The normalized spacial score (nSPS) is 13.5. The van der Waals surface area contributed by atoms with E-state index in [1.165, 1.54) is 0 Å². The maximum atomic E-state index is 13.3. The second kappa shape index (κ2) is 8.64. The summed E-state index contributed by atoms with van der Waals surface area (Å²) in [6.07, 6.45) is 1.88. The van der Waals surface area contributed by atoms with Crippen LogP contribution in [-0.2, 0) is 12.0 Å². The van der Waals surface area contributed by atoms with E-state index in [4.69, 9.17) is 4.74 Å². The molecule has 0 saturated carbocycles. The van der Waals surface area contributed by atoms with Gasteiger partial charge in [0, 0.05) is 34.8 Å². The third-order valence-corrected chi connectivity index (χ3v) is 6.38. The average molecular weight is 448 g/mol. The summed E-state index contributed by atoms with van der Waals surface area (Å²) < 4.78 is 5.96. The Kier molecular flexibility index (Phi) is 5.51. The molecule has 0 unspecified atom stereocenters. The van der Waals surface area contributed by atoms with Crippen LogP contribution in [0.3, 0.4) is 0 Å². The number of rotatable bonds is 3. The minimum atomic E-state index is -0.592. The lowest BCUT2D eigenvalue weighted by molar-refractivity contribution is 0.0733. The van der Waals surface area contributed by atoms with Crippen molar-refractivity contribution in [3.05, 3.63) is 95.7 Å². The molecule has 0 N–H and O–H groups in total. The Balaban J connectivity index is 1.41. The molecule has 34 heavy (non-hydrogen) atoms. The number of amides is 1. The van der Waals surface area contributed by atoms with E-state index in [0.717, 1.165) is 38.9 Å². The van der Waals surface area contributed by atoms with Crippen LogP contribution < -0.4 is 4.74 Å². The number of aromatic nitrogens is 1. The number of carbonyl (C=O) groups excluding carboxylic acids is 1. The highest BCUT2D eigenvalue weighted by Gasteiger charge is 2.23. The SMILES string of the molecule is CC(C)(C#N)c1ccc(C(=O)N2CCOc3ccc(-c4cnc5ccccc5c4)cc3C2)cc1. The van der Waals surface area contributed by atoms with E-state index in [1.807, 2.05) is 67.4 Å². The first-order valence-corrected chi connectivity index (χ1v) is 11.4. The van der Waals surface area contributed by atoms with Crippen LogP contribution in [0.25, 0.3) is 22.0 Å². The van der Waals surface area contributed by atoms with Crippen molar-refractivity contribution in [2.75, 3.05) is 13.2 Å². The summed E-state index contributed by atoms with van der Waals surface area (Å²) in [5.74, 6) is 0.759. The number of para-hydroxylation sites is 1. The van der Waals surface area contributed by atoms with Gasteiger partial charge in [-0.1, -0.05) is 36.4 Å². The number of ether oxygens (including phenoxy) is 1. The van der Waals surface area contributed by atoms with Gasteiger partial charge in [-0.2, -0.15) is 5.26 Å². The zero-order chi connectivity index (χ0) is 23.7. The highest BCUT2D eigenvalue weighted by Crippen LogP contribution is 2.31. The first kappa shape index (κ1) is 21.7. The summed E-state index contributed by atoms with van der Waals surface area (Å²) in [7, 11) is 0. The van der Waals surface area contributed by atoms with E-state index in [9.17, 15) is 10.1 Å². The van der Waals surface area contributed by atoms with E-state index in [-0.39, 0.29) is 5.91 Å². The van der Waals surface area contributed by atoms with Crippen molar-refractivity contribution in [2.24, 2.45) is 0 Å². The lowest BCUT2D eigenvalue weighted by Gasteiger charge is -2.21. The van der Waals surface area contributed by atoms with E-state index >= 15 is 0 Å². The number of hydrogen-bond acceptors (Lipinski definition) is 4. The third kappa shape index (κ3) is 4.11. The molecule has 1 aliphatic rings. The second-order valence-electron chi connectivity index (χ2n) is 9.13. The number of benzene rings is 3. The lowest BCUT2D eigenvalue weighted by atomic mass is 9.86. The summed E-state index contributed by atoms with van der Waals surface area (Å²) in [4.78, 5) is 19.7. The second-order valence-corrected chi connectivity index (χ2v) is 9.13. The van der Waals surface area contributed by atoms with Crippen LogP contribution in [0, 0.1) is 11.3 Å². The zero-order valence-corrected chi connectivity index (χ0v) is 19.3. The van der Waals surface area contributed by atoms with Gasteiger partial charge >= 0.3 is 0 Å². The van der Waals surface area contributed by atoms with Gasteiger partial charge in [-0.05, 0) is 61.4 Å². The number of pyridine rings is 1. The van der Waals surface area contributed by atoms with Crippen LogP contribution in [-0.4, -0.2) is 28.9 Å². The number of fused-ring (bicyclic) bond motifs is 2. The number of carbonyl (C=O) groups is 1. The molecule has 1 aliphatic heterocycles. The third-order valence-electron chi connectivity index (χ3n) is 6.38. The predicted molar refractivity (Wildman–Crippen MR) is 132 cm³/mol. The first-order valence-electron chi connectivity index (χ1n) is 11.4. The van der Waals surface area contributed by atoms with Crippen molar-refractivity contribution in [3.8, 4) is 22.9 Å². The van der Waals surface area contributed by atoms with Gasteiger partial charge in [0.05, 0.1) is 23.5 Å². The van der Waals surface area contributed by atoms with Crippen molar-refractivity contribution in [3.63, 3.8) is 0 Å². The van der Waals surface area contributed by atoms with E-state index in [2.05, 4.69) is 29.3 Å². The summed E-state index contributed by atoms with van der Waals surface area (Å²) in [6.45, 7) is 5.15. The maximum Gasteiger partial charge on any atom is 0.254 e. The molecule has 168 valence electrons. The predicted octanol–water partition coefficient (Wildman–Crippen LogP) is 5.74. The Hall–Kier alpha value is -4.17. The Labute approximate surface area is 199 Å². The molecule has 5 heteroatoms. The Morgan fingerprint density at radius 2 is 1.82 bits per heavy atom. The lowest BCUT2D eigenvalue weighted by Crippen LogP contribution is -2.32. The molecular weight excluding hydrogens is 422 g/mol. The summed E-state index contributed by atoms with van der Waals surface area (Å²) in [5.41, 5.74) is 4.91. The van der Waals surface area contributed by atoms with Gasteiger partial charge in [0.25, 0.3) is 5.91 Å². The number of hydrogen-bond donors (Lipinski definition) is 0. The highest BCUT2D eigenvalue weighted by molar-refractivity contribution is 5.94. The van der Waals surface area contributed by atoms with Gasteiger partial charge in [0.2, 0.25) is 0 Å². The smallest absolute Gasteiger partial charge is 0.254 e. The molecule has 0 spiro atoms. The summed E-state index contributed by atoms with van der Waals surface area (Å²) in [5, 5.41) is 10.5. The van der Waals surface area contributed by atoms with Gasteiger partial charge in [-0.25, -0.2) is 0 Å². The quantitative estimate of drug-likeness (QED) is 0.402. The fourth-order valence-corrected chi connectivity index (χ4v) is 4.25. The summed E-state index contributed by atoms with van der Waals surface area (Å²) >= 11 is 0. The molecule has 0 bridgehead atoms. The Bertz CT molecular complexity index is 1420. The Morgan fingerprint density at radius 1 is 1.03 bits per heavy atom. The molecule has 2 heterocycles. The van der Waals surface area contributed by atoms with E-state index < -0.39 is 5.41 Å². The molecule has 0 aliphatic carbocycles. The fraction of sp³-hybridized carbons (Fsp3) is 0.207. The van der Waals surface area contributed by atoms with Crippen molar-refractivity contribution >= 4 is 16.8 Å². The van der Waals surface area contributed by atoms with E-state index in [0.29, 0.717) is 25.3 Å². The molecule has 5 rings (SSSR count). The standard InChI is InChI=1S/C29H25N3O2/c1-29(2,19-30)25-10-7-20(8-11-25)28(33)32-13-14-34-27-12-9-21(15-24(27)18-32)23-16-22-5-3-4-6-26(22)31-17-23/h3-12,15-17H,13-14,18H2,1-2H3. The molecule has 1 amide bonds. The minimum Gasteiger partial charge on any atom is -0.491 e. The molecule has 0 radical (unpaired) electrons. The van der Waals surface area contributed by atoms with Gasteiger partial charge in [-0.3, -0.25) is 9.78 Å². The minimum absolute atomic E-state index is 0.0458. The van der Waals surface area contributed by atoms with Crippen LogP contribution in [0.15, 0.2) is 79.0 Å². The fourth-order valence-electron chi connectivity index (χ4n) is 4.25. The van der Waals surface area contributed by atoms with Crippen molar-refractivity contribution in [1.82, 2.24) is 9.88 Å². The summed E-state index contributed by atoms with van der Waals surface area (Å²) in [6, 6.07) is 25.9. The zero-order valence-electron chi connectivity index (χ0n) is 19.3. The molecule has 3 aromatic carbocycles. The van der Waals surface area contributed by atoms with Crippen LogP contribution in [0.4, 0.5) is 0 Å². The molecule has 1 aromatic heterocycles. The molecule has 0 saturated heterocycles. The number of nitriles is 1. The molecule has 4 aromatic rings. The largest absolute Gasteiger partial charge is 0.491 e. The molecular formula is C29H25N3O2. The first-order chi connectivity index (χ1) is 16.4. The van der Waals surface area contributed by atoms with Crippen LogP contribution >= 0.6 is 0 Å². The average Bonchev–Trinajstić information content (AvgIpc) is 3.10. The Morgan fingerprint density at radius 3 is 2.62 bits per heavy atom.